The Morgan fingerprint density at radius 3 is 2.60 bits per heavy atom. The van der Waals surface area contributed by atoms with Crippen LogP contribution >= 0.6 is 23.2 Å². The summed E-state index contributed by atoms with van der Waals surface area (Å²) >= 11 is 11.8. The molecule has 0 saturated heterocycles. The van der Waals surface area contributed by atoms with Crippen LogP contribution in [0.25, 0.3) is 0 Å². The van der Waals surface area contributed by atoms with Gasteiger partial charge in [-0.05, 0) is 6.92 Å². The third-order valence-corrected chi connectivity index (χ3v) is 2.51. The van der Waals surface area contributed by atoms with Crippen LogP contribution in [0.3, 0.4) is 0 Å². The fourth-order valence-electron chi connectivity index (χ4n) is 0.956. The molecular formula is C8H10Cl2. The van der Waals surface area contributed by atoms with E-state index in [4.69, 9.17) is 23.2 Å². The lowest BCUT2D eigenvalue weighted by Crippen LogP contribution is -2.27. The zero-order valence-corrected chi connectivity index (χ0v) is 7.36. The van der Waals surface area contributed by atoms with E-state index in [0.29, 0.717) is 5.88 Å². The summed E-state index contributed by atoms with van der Waals surface area (Å²) in [4.78, 5) is -0.281. The lowest BCUT2D eigenvalue weighted by atomic mass is 9.91. The van der Waals surface area contributed by atoms with Crippen LogP contribution in [0, 0.1) is 5.92 Å². The van der Waals surface area contributed by atoms with Crippen molar-refractivity contribution in [2.45, 2.75) is 11.8 Å². The molecule has 0 fully saturated rings. The molecule has 56 valence electrons. The van der Waals surface area contributed by atoms with Gasteiger partial charge in [0.2, 0.25) is 0 Å². The van der Waals surface area contributed by atoms with Gasteiger partial charge in [-0.3, -0.25) is 0 Å². The monoisotopic (exact) mass is 176 g/mol. The van der Waals surface area contributed by atoms with E-state index in [1.54, 1.807) is 0 Å². The first-order chi connectivity index (χ1) is 4.67. The minimum atomic E-state index is -0.281. The maximum atomic E-state index is 6.12. The van der Waals surface area contributed by atoms with Crippen molar-refractivity contribution in [1.82, 2.24) is 0 Å². The molecule has 0 aromatic heterocycles. The van der Waals surface area contributed by atoms with Crippen molar-refractivity contribution >= 4 is 23.2 Å². The fourth-order valence-corrected chi connectivity index (χ4v) is 1.68. The number of allylic oxidation sites excluding steroid dienone is 4. The molecule has 0 nitrogen and oxygen atoms in total. The van der Waals surface area contributed by atoms with Gasteiger partial charge in [-0.15, -0.1) is 23.2 Å². The van der Waals surface area contributed by atoms with Crippen LogP contribution in [-0.2, 0) is 0 Å². The van der Waals surface area contributed by atoms with Crippen molar-refractivity contribution in [3.63, 3.8) is 0 Å². The van der Waals surface area contributed by atoms with E-state index in [9.17, 15) is 0 Å². The second-order valence-electron chi connectivity index (χ2n) is 2.66. The average Bonchev–Trinajstić information content (AvgIpc) is 1.87. The molecule has 0 heterocycles. The topological polar surface area (TPSA) is 0 Å². The predicted molar refractivity (Wildman–Crippen MR) is 46.7 cm³/mol. The fraction of sp³-hybridized carbons (Fsp3) is 0.500. The number of alkyl halides is 2. The summed E-state index contributed by atoms with van der Waals surface area (Å²) in [7, 11) is 0. The number of hydrogen-bond acceptors (Lipinski definition) is 0. The Kier molecular flexibility index (Phi) is 2.43. The summed E-state index contributed by atoms with van der Waals surface area (Å²) in [6, 6.07) is 0. The first-order valence-electron chi connectivity index (χ1n) is 3.28. The molecule has 0 bridgehead atoms. The van der Waals surface area contributed by atoms with Gasteiger partial charge in [-0.25, -0.2) is 0 Å². The van der Waals surface area contributed by atoms with E-state index in [2.05, 4.69) is 0 Å². The van der Waals surface area contributed by atoms with Crippen molar-refractivity contribution < 1.29 is 0 Å². The van der Waals surface area contributed by atoms with Gasteiger partial charge < -0.3 is 0 Å². The molecule has 1 aliphatic carbocycles. The smallest absolute Gasteiger partial charge is 0.0674 e. The maximum absolute atomic E-state index is 6.12. The van der Waals surface area contributed by atoms with Crippen LogP contribution in [0.15, 0.2) is 24.3 Å². The summed E-state index contributed by atoms with van der Waals surface area (Å²) in [6.07, 6.45) is 7.95. The highest BCUT2D eigenvalue weighted by Crippen LogP contribution is 2.31. The average molecular weight is 177 g/mol. The molecule has 0 radical (unpaired) electrons. The number of hydrogen-bond donors (Lipinski definition) is 0. The molecule has 0 amide bonds. The second-order valence-corrected chi connectivity index (χ2v) is 3.78. The Bertz CT molecular complexity index is 168. The van der Waals surface area contributed by atoms with Gasteiger partial charge in [-0.2, -0.15) is 0 Å². The third-order valence-electron chi connectivity index (χ3n) is 1.77. The van der Waals surface area contributed by atoms with Crippen LogP contribution in [0.5, 0.6) is 0 Å². The standard InChI is InChI=1S/C8H10Cl2/c1-8(10)5-3-2-4-7(8)6-9/h2-5,7H,6H2,1H3. The largest absolute Gasteiger partial charge is 0.126 e. The highest BCUT2D eigenvalue weighted by Gasteiger charge is 2.27. The van der Waals surface area contributed by atoms with Crippen LogP contribution in [0.1, 0.15) is 6.92 Å². The molecule has 0 aromatic rings. The van der Waals surface area contributed by atoms with Crippen LogP contribution in [0.4, 0.5) is 0 Å². The predicted octanol–water partition coefficient (Wildman–Crippen LogP) is 2.96. The Morgan fingerprint density at radius 1 is 1.50 bits per heavy atom. The van der Waals surface area contributed by atoms with Gasteiger partial charge in [0.1, 0.15) is 0 Å². The third kappa shape index (κ3) is 1.56. The highest BCUT2D eigenvalue weighted by atomic mass is 35.5. The second kappa shape index (κ2) is 2.98. The minimum Gasteiger partial charge on any atom is -0.126 e. The van der Waals surface area contributed by atoms with Gasteiger partial charge in [0.05, 0.1) is 4.87 Å². The Labute approximate surface area is 71.5 Å². The van der Waals surface area contributed by atoms with Gasteiger partial charge >= 0.3 is 0 Å². The molecule has 1 rings (SSSR count). The van der Waals surface area contributed by atoms with E-state index < -0.39 is 0 Å². The van der Waals surface area contributed by atoms with E-state index >= 15 is 0 Å². The molecular weight excluding hydrogens is 167 g/mol. The molecule has 2 atom stereocenters. The van der Waals surface area contributed by atoms with Gasteiger partial charge in [-0.1, -0.05) is 24.3 Å². The summed E-state index contributed by atoms with van der Waals surface area (Å²) in [5.41, 5.74) is 0. The molecule has 0 N–H and O–H groups in total. The number of rotatable bonds is 1. The Morgan fingerprint density at radius 2 is 2.20 bits per heavy atom. The van der Waals surface area contributed by atoms with Crippen molar-refractivity contribution in [3.8, 4) is 0 Å². The molecule has 1 aliphatic rings. The van der Waals surface area contributed by atoms with Gasteiger partial charge in [0.25, 0.3) is 0 Å². The van der Waals surface area contributed by atoms with E-state index in [1.807, 2.05) is 31.2 Å². The van der Waals surface area contributed by atoms with Gasteiger partial charge in [0, 0.05) is 11.8 Å². The summed E-state index contributed by atoms with van der Waals surface area (Å²) in [5.74, 6) is 0.849. The molecule has 2 heteroatoms. The normalized spacial score (nSPS) is 38.5. The van der Waals surface area contributed by atoms with Crippen molar-refractivity contribution in [3.05, 3.63) is 24.3 Å². The van der Waals surface area contributed by atoms with Crippen LogP contribution in [0.2, 0.25) is 0 Å². The highest BCUT2D eigenvalue weighted by molar-refractivity contribution is 6.26. The van der Waals surface area contributed by atoms with Crippen molar-refractivity contribution in [1.29, 1.82) is 0 Å². The molecule has 0 aromatic carbocycles. The SMILES string of the molecule is CC1(Cl)C=CC=CC1CCl. The number of halogens is 2. The first-order valence-corrected chi connectivity index (χ1v) is 4.19. The molecule has 0 spiro atoms. The Hall–Kier alpha value is 0.0600. The van der Waals surface area contributed by atoms with E-state index in [-0.39, 0.29) is 10.8 Å². The Balaban J connectivity index is 2.74. The zero-order chi connectivity index (χ0) is 7.61. The van der Waals surface area contributed by atoms with E-state index in [1.165, 1.54) is 0 Å². The lowest BCUT2D eigenvalue weighted by Gasteiger charge is -2.26. The van der Waals surface area contributed by atoms with Crippen LogP contribution in [-0.4, -0.2) is 10.8 Å². The van der Waals surface area contributed by atoms with E-state index in [0.717, 1.165) is 0 Å². The summed E-state index contributed by atoms with van der Waals surface area (Å²) < 4.78 is 0. The zero-order valence-electron chi connectivity index (χ0n) is 5.85. The minimum absolute atomic E-state index is 0.265. The molecule has 2 unspecified atom stereocenters. The summed E-state index contributed by atoms with van der Waals surface area (Å²) in [5, 5.41) is 0. The molecule has 0 saturated carbocycles. The maximum Gasteiger partial charge on any atom is 0.0674 e. The summed E-state index contributed by atoms with van der Waals surface area (Å²) in [6.45, 7) is 1.97. The van der Waals surface area contributed by atoms with Crippen LogP contribution < -0.4 is 0 Å². The quantitative estimate of drug-likeness (QED) is 0.540. The lowest BCUT2D eigenvalue weighted by molar-refractivity contribution is 0.595. The molecule has 0 aliphatic heterocycles. The first kappa shape index (κ1) is 8.16. The van der Waals surface area contributed by atoms with Crippen molar-refractivity contribution in [2.24, 2.45) is 5.92 Å². The molecule has 10 heavy (non-hydrogen) atoms. The van der Waals surface area contributed by atoms with Gasteiger partial charge in [0.15, 0.2) is 0 Å². The van der Waals surface area contributed by atoms with Crippen molar-refractivity contribution in [2.75, 3.05) is 5.88 Å².